The third-order valence-corrected chi connectivity index (χ3v) is 2.70. The van der Waals surface area contributed by atoms with Crippen molar-refractivity contribution in [1.29, 1.82) is 0 Å². The highest BCUT2D eigenvalue weighted by Crippen LogP contribution is 2.11. The predicted octanol–water partition coefficient (Wildman–Crippen LogP) is 1.70. The van der Waals surface area contributed by atoms with E-state index in [0.29, 0.717) is 26.2 Å². The van der Waals surface area contributed by atoms with Gasteiger partial charge < -0.3 is 16.0 Å². The Labute approximate surface area is 103 Å². The highest BCUT2D eigenvalue weighted by molar-refractivity contribution is 5.74. The molecule has 4 heteroatoms. The van der Waals surface area contributed by atoms with Crippen molar-refractivity contribution in [3.8, 4) is 0 Å². The van der Waals surface area contributed by atoms with E-state index in [1.807, 2.05) is 38.1 Å². The molecule has 0 unspecified atom stereocenters. The molecule has 0 aliphatic carbocycles. The molecule has 1 aromatic rings. The summed E-state index contributed by atoms with van der Waals surface area (Å²) < 4.78 is 0. The standard InChI is InChI=1S/C13H21N3O/c1-3-15-13(17)16(4-2)10-12-8-6-5-7-11(12)9-14/h5-8H,3-4,9-10,14H2,1-2H3,(H,15,17). The van der Waals surface area contributed by atoms with E-state index in [0.717, 1.165) is 11.1 Å². The molecule has 0 aliphatic heterocycles. The number of nitrogens with one attached hydrogen (secondary N) is 1. The number of urea groups is 1. The normalized spacial score (nSPS) is 10.1. The summed E-state index contributed by atoms with van der Waals surface area (Å²) in [4.78, 5) is 13.5. The van der Waals surface area contributed by atoms with Crippen LogP contribution in [0.1, 0.15) is 25.0 Å². The fourth-order valence-corrected chi connectivity index (χ4v) is 1.71. The molecular formula is C13H21N3O. The molecule has 0 aromatic heterocycles. The Morgan fingerprint density at radius 1 is 1.29 bits per heavy atom. The molecule has 3 N–H and O–H groups in total. The number of hydrogen-bond donors (Lipinski definition) is 2. The molecular weight excluding hydrogens is 214 g/mol. The van der Waals surface area contributed by atoms with E-state index in [2.05, 4.69) is 5.32 Å². The van der Waals surface area contributed by atoms with Crippen LogP contribution in [0.25, 0.3) is 0 Å². The van der Waals surface area contributed by atoms with Crippen molar-refractivity contribution in [1.82, 2.24) is 10.2 Å². The van der Waals surface area contributed by atoms with Gasteiger partial charge >= 0.3 is 6.03 Å². The average molecular weight is 235 g/mol. The monoisotopic (exact) mass is 235 g/mol. The maximum atomic E-state index is 11.8. The zero-order valence-corrected chi connectivity index (χ0v) is 10.6. The van der Waals surface area contributed by atoms with Gasteiger partial charge in [0.25, 0.3) is 0 Å². The molecule has 4 nitrogen and oxygen atoms in total. The van der Waals surface area contributed by atoms with Crippen molar-refractivity contribution in [3.05, 3.63) is 35.4 Å². The first-order chi connectivity index (χ1) is 8.22. The maximum absolute atomic E-state index is 11.8. The molecule has 17 heavy (non-hydrogen) atoms. The van der Waals surface area contributed by atoms with Gasteiger partial charge in [0.05, 0.1) is 0 Å². The molecule has 0 radical (unpaired) electrons. The average Bonchev–Trinajstić information content (AvgIpc) is 2.36. The smallest absolute Gasteiger partial charge is 0.317 e. The number of nitrogens with two attached hydrogens (primary N) is 1. The number of carbonyl (C=O) groups is 1. The lowest BCUT2D eigenvalue weighted by Gasteiger charge is -2.22. The Morgan fingerprint density at radius 2 is 1.94 bits per heavy atom. The molecule has 0 saturated carbocycles. The van der Waals surface area contributed by atoms with Gasteiger partial charge in [-0.25, -0.2) is 4.79 Å². The highest BCUT2D eigenvalue weighted by atomic mass is 16.2. The first-order valence-electron chi connectivity index (χ1n) is 6.02. The Hall–Kier alpha value is -1.55. The zero-order chi connectivity index (χ0) is 12.7. The van der Waals surface area contributed by atoms with Crippen LogP contribution in [0.5, 0.6) is 0 Å². The highest BCUT2D eigenvalue weighted by Gasteiger charge is 2.12. The predicted molar refractivity (Wildman–Crippen MR) is 69.5 cm³/mol. The Morgan fingerprint density at radius 3 is 2.47 bits per heavy atom. The number of amides is 2. The van der Waals surface area contributed by atoms with Gasteiger partial charge in [0.2, 0.25) is 0 Å². The van der Waals surface area contributed by atoms with Crippen LogP contribution in [0.15, 0.2) is 24.3 Å². The van der Waals surface area contributed by atoms with Crippen LogP contribution in [0, 0.1) is 0 Å². The topological polar surface area (TPSA) is 58.4 Å². The van der Waals surface area contributed by atoms with Gasteiger partial charge in [0, 0.05) is 26.2 Å². The molecule has 0 heterocycles. The molecule has 0 aliphatic rings. The minimum absolute atomic E-state index is 0.0261. The summed E-state index contributed by atoms with van der Waals surface area (Å²) >= 11 is 0. The van der Waals surface area contributed by atoms with Crippen molar-refractivity contribution < 1.29 is 4.79 Å². The molecule has 1 rings (SSSR count). The lowest BCUT2D eigenvalue weighted by Crippen LogP contribution is -2.39. The van der Waals surface area contributed by atoms with Gasteiger partial charge in [-0.05, 0) is 25.0 Å². The summed E-state index contributed by atoms with van der Waals surface area (Å²) in [7, 11) is 0. The lowest BCUT2D eigenvalue weighted by atomic mass is 10.1. The minimum atomic E-state index is -0.0261. The van der Waals surface area contributed by atoms with E-state index >= 15 is 0 Å². The summed E-state index contributed by atoms with van der Waals surface area (Å²) in [6.07, 6.45) is 0. The Balaban J connectivity index is 2.76. The van der Waals surface area contributed by atoms with Gasteiger partial charge in [-0.15, -0.1) is 0 Å². The zero-order valence-electron chi connectivity index (χ0n) is 10.6. The maximum Gasteiger partial charge on any atom is 0.317 e. The molecule has 0 spiro atoms. The van der Waals surface area contributed by atoms with Gasteiger partial charge in [-0.2, -0.15) is 0 Å². The lowest BCUT2D eigenvalue weighted by molar-refractivity contribution is 0.198. The van der Waals surface area contributed by atoms with Crippen LogP contribution < -0.4 is 11.1 Å². The fraction of sp³-hybridized carbons (Fsp3) is 0.462. The first kappa shape index (κ1) is 13.5. The molecule has 1 aromatic carbocycles. The van der Waals surface area contributed by atoms with Crippen LogP contribution in [-0.2, 0) is 13.1 Å². The Kier molecular flexibility index (Phi) is 5.49. The first-order valence-corrected chi connectivity index (χ1v) is 6.02. The van der Waals surface area contributed by atoms with Crippen LogP contribution in [0.2, 0.25) is 0 Å². The fourth-order valence-electron chi connectivity index (χ4n) is 1.71. The third kappa shape index (κ3) is 3.75. The molecule has 0 bridgehead atoms. The summed E-state index contributed by atoms with van der Waals surface area (Å²) in [6, 6.07) is 7.93. The van der Waals surface area contributed by atoms with Crippen LogP contribution in [0.3, 0.4) is 0 Å². The molecule has 0 fully saturated rings. The molecule has 0 saturated heterocycles. The summed E-state index contributed by atoms with van der Waals surface area (Å²) in [5.41, 5.74) is 7.89. The van der Waals surface area contributed by atoms with Gasteiger partial charge in [0.15, 0.2) is 0 Å². The summed E-state index contributed by atoms with van der Waals surface area (Å²) in [5, 5.41) is 2.81. The molecule has 94 valence electrons. The third-order valence-electron chi connectivity index (χ3n) is 2.70. The van der Waals surface area contributed by atoms with Crippen LogP contribution in [-0.4, -0.2) is 24.0 Å². The van der Waals surface area contributed by atoms with Crippen molar-refractivity contribution in [2.24, 2.45) is 5.73 Å². The quantitative estimate of drug-likeness (QED) is 0.816. The second kappa shape index (κ2) is 6.91. The number of benzene rings is 1. The number of hydrogen-bond acceptors (Lipinski definition) is 2. The van der Waals surface area contributed by atoms with Crippen molar-refractivity contribution in [3.63, 3.8) is 0 Å². The molecule has 2 amide bonds. The van der Waals surface area contributed by atoms with Crippen LogP contribution in [0.4, 0.5) is 4.79 Å². The SMILES string of the molecule is CCNC(=O)N(CC)Cc1ccccc1CN. The number of rotatable bonds is 5. The van der Waals surface area contributed by atoms with E-state index in [4.69, 9.17) is 5.73 Å². The largest absolute Gasteiger partial charge is 0.338 e. The second-order valence-corrected chi connectivity index (χ2v) is 3.82. The van der Waals surface area contributed by atoms with E-state index < -0.39 is 0 Å². The second-order valence-electron chi connectivity index (χ2n) is 3.82. The van der Waals surface area contributed by atoms with E-state index in [1.165, 1.54) is 0 Å². The van der Waals surface area contributed by atoms with Gasteiger partial charge in [0.1, 0.15) is 0 Å². The Bertz CT molecular complexity index is 365. The van der Waals surface area contributed by atoms with Gasteiger partial charge in [-0.3, -0.25) is 0 Å². The minimum Gasteiger partial charge on any atom is -0.338 e. The van der Waals surface area contributed by atoms with Gasteiger partial charge in [-0.1, -0.05) is 24.3 Å². The number of carbonyl (C=O) groups excluding carboxylic acids is 1. The van der Waals surface area contributed by atoms with Crippen molar-refractivity contribution in [2.75, 3.05) is 13.1 Å². The molecule has 0 atom stereocenters. The van der Waals surface area contributed by atoms with E-state index in [1.54, 1.807) is 4.90 Å². The van der Waals surface area contributed by atoms with E-state index in [9.17, 15) is 4.79 Å². The summed E-state index contributed by atoms with van der Waals surface area (Å²) in [5.74, 6) is 0. The van der Waals surface area contributed by atoms with Crippen molar-refractivity contribution in [2.45, 2.75) is 26.9 Å². The summed E-state index contributed by atoms with van der Waals surface area (Å²) in [6.45, 7) is 6.33. The number of nitrogens with zero attached hydrogens (tertiary/aromatic N) is 1. The van der Waals surface area contributed by atoms with Crippen LogP contribution >= 0.6 is 0 Å². The van der Waals surface area contributed by atoms with Crippen molar-refractivity contribution >= 4 is 6.03 Å². The van der Waals surface area contributed by atoms with E-state index in [-0.39, 0.29) is 6.03 Å².